The van der Waals surface area contributed by atoms with Gasteiger partial charge >= 0.3 is 0 Å². The fourth-order valence-electron chi connectivity index (χ4n) is 1.90. The van der Waals surface area contributed by atoms with E-state index in [0.717, 1.165) is 44.8 Å². The summed E-state index contributed by atoms with van der Waals surface area (Å²) < 4.78 is 11.0. The molecular weight excluding hydrogens is 228 g/mol. The molecule has 0 bridgehead atoms. The number of hydrogen-bond donors (Lipinski definition) is 1. The zero-order valence-corrected chi connectivity index (χ0v) is 11.0. The fourth-order valence-corrected chi connectivity index (χ4v) is 1.90. The van der Waals surface area contributed by atoms with Crippen LogP contribution in [0.15, 0.2) is 18.3 Å². The lowest BCUT2D eigenvalue weighted by atomic mass is 10.2. The Morgan fingerprint density at radius 2 is 2.44 bits per heavy atom. The van der Waals surface area contributed by atoms with Crippen LogP contribution in [0.25, 0.3) is 0 Å². The lowest BCUT2D eigenvalue weighted by Crippen LogP contribution is -2.14. The summed E-state index contributed by atoms with van der Waals surface area (Å²) in [6, 6.07) is 4.15. The van der Waals surface area contributed by atoms with Crippen LogP contribution in [0, 0.1) is 0 Å². The van der Waals surface area contributed by atoms with Crippen molar-refractivity contribution in [3.63, 3.8) is 0 Å². The van der Waals surface area contributed by atoms with Crippen LogP contribution in [-0.2, 0) is 22.6 Å². The number of aromatic nitrogens is 1. The van der Waals surface area contributed by atoms with E-state index in [9.17, 15) is 0 Å². The van der Waals surface area contributed by atoms with E-state index in [1.165, 1.54) is 5.56 Å². The van der Waals surface area contributed by atoms with Gasteiger partial charge in [0, 0.05) is 19.3 Å². The zero-order chi connectivity index (χ0) is 12.6. The van der Waals surface area contributed by atoms with Gasteiger partial charge in [-0.3, -0.25) is 4.98 Å². The van der Waals surface area contributed by atoms with Gasteiger partial charge < -0.3 is 14.8 Å². The smallest absolute Gasteiger partial charge is 0.0892 e. The highest BCUT2D eigenvalue weighted by Crippen LogP contribution is 2.10. The summed E-state index contributed by atoms with van der Waals surface area (Å²) in [5.41, 5.74) is 2.21. The van der Waals surface area contributed by atoms with E-state index in [0.29, 0.717) is 6.61 Å². The van der Waals surface area contributed by atoms with Gasteiger partial charge in [-0.2, -0.15) is 0 Å². The van der Waals surface area contributed by atoms with Gasteiger partial charge in [0.15, 0.2) is 0 Å². The number of nitrogens with one attached hydrogen (secondary N) is 1. The summed E-state index contributed by atoms with van der Waals surface area (Å²) in [5, 5.41) is 3.36. The maximum Gasteiger partial charge on any atom is 0.0892 e. The van der Waals surface area contributed by atoms with Gasteiger partial charge in [0.05, 0.1) is 25.0 Å². The van der Waals surface area contributed by atoms with Crippen LogP contribution in [-0.4, -0.2) is 30.8 Å². The van der Waals surface area contributed by atoms with Gasteiger partial charge in [0.2, 0.25) is 0 Å². The number of rotatable bonds is 7. The molecule has 18 heavy (non-hydrogen) atoms. The van der Waals surface area contributed by atoms with Gasteiger partial charge in [-0.05, 0) is 31.0 Å². The summed E-state index contributed by atoms with van der Waals surface area (Å²) in [7, 11) is 0. The quantitative estimate of drug-likeness (QED) is 0.750. The highest BCUT2D eigenvalue weighted by atomic mass is 16.5. The summed E-state index contributed by atoms with van der Waals surface area (Å²) >= 11 is 0. The third-order valence-electron chi connectivity index (χ3n) is 3.00. The first kappa shape index (κ1) is 13.5. The Labute approximate surface area is 109 Å². The fraction of sp³-hybridized carbons (Fsp3) is 0.643. The Hall–Kier alpha value is -0.970. The Morgan fingerprint density at radius 1 is 1.50 bits per heavy atom. The summed E-state index contributed by atoms with van der Waals surface area (Å²) in [6.07, 6.45) is 4.33. The normalized spacial score (nSPS) is 19.3. The molecule has 1 saturated heterocycles. The predicted octanol–water partition coefficient (Wildman–Crippen LogP) is 1.89. The second kappa shape index (κ2) is 7.46. The van der Waals surface area contributed by atoms with Crippen molar-refractivity contribution < 1.29 is 9.47 Å². The van der Waals surface area contributed by atoms with Crippen LogP contribution < -0.4 is 5.32 Å². The molecule has 1 aromatic rings. The van der Waals surface area contributed by atoms with Gasteiger partial charge in [-0.25, -0.2) is 0 Å². The highest BCUT2D eigenvalue weighted by molar-refractivity contribution is 5.13. The number of ether oxygens (including phenoxy) is 2. The van der Waals surface area contributed by atoms with Crippen LogP contribution in [0.1, 0.15) is 31.0 Å². The number of hydrogen-bond acceptors (Lipinski definition) is 4. The standard InChI is InChI=1S/C14H22N2O2/c1-2-6-15-8-12-3-4-13(16-9-12)10-18-14-5-7-17-11-14/h3-4,9,14-15H,2,5-8,10-11H2,1H3. The molecule has 4 heteroatoms. The van der Waals surface area contributed by atoms with Crippen LogP contribution >= 0.6 is 0 Å². The second-order valence-electron chi connectivity index (χ2n) is 4.63. The minimum absolute atomic E-state index is 0.248. The molecule has 0 saturated carbocycles. The molecule has 0 spiro atoms. The van der Waals surface area contributed by atoms with E-state index in [1.54, 1.807) is 0 Å². The first-order valence-corrected chi connectivity index (χ1v) is 6.72. The summed E-state index contributed by atoms with van der Waals surface area (Å²) in [5.74, 6) is 0. The molecule has 2 heterocycles. The van der Waals surface area contributed by atoms with Gasteiger partial charge in [0.25, 0.3) is 0 Å². The molecule has 100 valence electrons. The van der Waals surface area contributed by atoms with Crippen molar-refractivity contribution in [1.29, 1.82) is 0 Å². The molecule has 1 atom stereocenters. The van der Waals surface area contributed by atoms with Gasteiger partial charge in [0.1, 0.15) is 0 Å². The Bertz CT molecular complexity index is 334. The van der Waals surface area contributed by atoms with Crippen LogP contribution in [0.3, 0.4) is 0 Å². The monoisotopic (exact) mass is 250 g/mol. The third-order valence-corrected chi connectivity index (χ3v) is 3.00. The van der Waals surface area contributed by atoms with E-state index in [-0.39, 0.29) is 6.10 Å². The van der Waals surface area contributed by atoms with Crippen LogP contribution in [0.4, 0.5) is 0 Å². The van der Waals surface area contributed by atoms with Crippen LogP contribution in [0.5, 0.6) is 0 Å². The molecule has 1 fully saturated rings. The van der Waals surface area contributed by atoms with Gasteiger partial charge in [-0.15, -0.1) is 0 Å². The molecule has 4 nitrogen and oxygen atoms in total. The predicted molar refractivity (Wildman–Crippen MR) is 70.2 cm³/mol. The van der Waals surface area contributed by atoms with Crippen molar-refractivity contribution in [3.8, 4) is 0 Å². The first-order chi connectivity index (χ1) is 8.88. The van der Waals surface area contributed by atoms with E-state index in [4.69, 9.17) is 9.47 Å². The largest absolute Gasteiger partial charge is 0.379 e. The molecule has 2 rings (SSSR count). The van der Waals surface area contributed by atoms with Crippen molar-refractivity contribution in [2.24, 2.45) is 0 Å². The third kappa shape index (κ3) is 4.37. The Balaban J connectivity index is 1.72. The molecular formula is C14H22N2O2. The number of nitrogens with zero attached hydrogens (tertiary/aromatic N) is 1. The highest BCUT2D eigenvalue weighted by Gasteiger charge is 2.15. The average molecular weight is 250 g/mol. The molecule has 1 N–H and O–H groups in total. The minimum Gasteiger partial charge on any atom is -0.379 e. The molecule has 1 unspecified atom stereocenters. The summed E-state index contributed by atoms with van der Waals surface area (Å²) in [4.78, 5) is 4.41. The summed E-state index contributed by atoms with van der Waals surface area (Å²) in [6.45, 7) is 6.22. The molecule has 1 aliphatic rings. The second-order valence-corrected chi connectivity index (χ2v) is 4.63. The molecule has 1 aliphatic heterocycles. The van der Waals surface area contributed by atoms with Crippen molar-refractivity contribution in [2.75, 3.05) is 19.8 Å². The topological polar surface area (TPSA) is 43.4 Å². The maximum absolute atomic E-state index is 5.72. The molecule has 0 amide bonds. The minimum atomic E-state index is 0.248. The van der Waals surface area contributed by atoms with Crippen molar-refractivity contribution in [3.05, 3.63) is 29.6 Å². The zero-order valence-electron chi connectivity index (χ0n) is 11.0. The van der Waals surface area contributed by atoms with Crippen molar-refractivity contribution >= 4 is 0 Å². The van der Waals surface area contributed by atoms with E-state index >= 15 is 0 Å². The lowest BCUT2D eigenvalue weighted by molar-refractivity contribution is 0.0301. The van der Waals surface area contributed by atoms with Crippen molar-refractivity contribution in [1.82, 2.24) is 10.3 Å². The lowest BCUT2D eigenvalue weighted by Gasteiger charge is -2.09. The van der Waals surface area contributed by atoms with E-state index < -0.39 is 0 Å². The Morgan fingerprint density at radius 3 is 3.11 bits per heavy atom. The van der Waals surface area contributed by atoms with Crippen LogP contribution in [0.2, 0.25) is 0 Å². The Kier molecular flexibility index (Phi) is 5.58. The number of pyridine rings is 1. The van der Waals surface area contributed by atoms with Crippen molar-refractivity contribution in [2.45, 2.75) is 39.0 Å². The molecule has 1 aromatic heterocycles. The average Bonchev–Trinajstić information content (AvgIpc) is 2.91. The van der Waals surface area contributed by atoms with E-state index in [1.807, 2.05) is 12.3 Å². The SMILES string of the molecule is CCCNCc1ccc(COC2CCOC2)nc1. The first-order valence-electron chi connectivity index (χ1n) is 6.72. The molecule has 0 aliphatic carbocycles. The molecule has 0 aromatic carbocycles. The molecule has 0 radical (unpaired) electrons. The maximum atomic E-state index is 5.72. The van der Waals surface area contributed by atoms with E-state index in [2.05, 4.69) is 23.3 Å². The van der Waals surface area contributed by atoms with Gasteiger partial charge in [-0.1, -0.05) is 13.0 Å².